The Morgan fingerprint density at radius 1 is 1.30 bits per heavy atom. The third kappa shape index (κ3) is 2.07. The van der Waals surface area contributed by atoms with E-state index in [1.165, 1.54) is 22.2 Å². The first-order valence-electron chi connectivity index (χ1n) is 8.03. The van der Waals surface area contributed by atoms with Crippen LogP contribution in [0.25, 0.3) is 10.9 Å². The minimum Gasteiger partial charge on any atom is -0.358 e. The number of hydrogen-bond acceptors (Lipinski definition) is 2. The van der Waals surface area contributed by atoms with Crippen molar-refractivity contribution < 1.29 is 4.79 Å². The number of fused-ring (bicyclic) bond motifs is 2. The summed E-state index contributed by atoms with van der Waals surface area (Å²) >= 11 is 0. The molecule has 1 aliphatic rings. The van der Waals surface area contributed by atoms with Crippen LogP contribution < -0.4 is 5.32 Å². The van der Waals surface area contributed by atoms with Gasteiger partial charge in [-0.05, 0) is 31.9 Å². The smallest absolute Gasteiger partial charge is 0.226 e. The van der Waals surface area contributed by atoms with Gasteiger partial charge in [0.25, 0.3) is 0 Å². The highest BCUT2D eigenvalue weighted by Gasteiger charge is 2.30. The Morgan fingerprint density at radius 2 is 2.13 bits per heavy atom. The van der Waals surface area contributed by atoms with Crippen LogP contribution in [-0.2, 0) is 11.3 Å². The maximum absolute atomic E-state index is 12.1. The molecule has 5 heteroatoms. The number of para-hydroxylation sites is 1. The van der Waals surface area contributed by atoms with Crippen molar-refractivity contribution in [3.8, 4) is 0 Å². The minimum atomic E-state index is 0.0286. The van der Waals surface area contributed by atoms with Crippen molar-refractivity contribution >= 4 is 22.6 Å². The molecule has 1 aliphatic heterocycles. The highest BCUT2D eigenvalue weighted by molar-refractivity contribution is 5.96. The predicted molar refractivity (Wildman–Crippen MR) is 90.8 cm³/mol. The number of aromatic nitrogens is 3. The van der Waals surface area contributed by atoms with E-state index in [4.69, 9.17) is 0 Å². The SMILES string of the molecule is CCn1cc2c(n1)NC(=O)CC2c1cccc2c(C)c(C)[nH]c12. The van der Waals surface area contributed by atoms with Gasteiger partial charge in [-0.3, -0.25) is 9.48 Å². The molecule has 2 aromatic heterocycles. The molecular formula is C18H20N4O. The first kappa shape index (κ1) is 14.1. The largest absolute Gasteiger partial charge is 0.358 e. The minimum absolute atomic E-state index is 0.0286. The number of carbonyl (C=O) groups is 1. The van der Waals surface area contributed by atoms with Crippen LogP contribution in [0.15, 0.2) is 24.4 Å². The second kappa shape index (κ2) is 4.98. The summed E-state index contributed by atoms with van der Waals surface area (Å²) in [6.07, 6.45) is 2.51. The zero-order chi connectivity index (χ0) is 16.1. The van der Waals surface area contributed by atoms with Crippen LogP contribution in [0.2, 0.25) is 0 Å². The molecule has 1 atom stereocenters. The van der Waals surface area contributed by atoms with E-state index >= 15 is 0 Å². The second-order valence-corrected chi connectivity index (χ2v) is 6.24. The highest BCUT2D eigenvalue weighted by Crippen LogP contribution is 2.39. The van der Waals surface area contributed by atoms with Crippen molar-refractivity contribution in [1.82, 2.24) is 14.8 Å². The lowest BCUT2D eigenvalue weighted by atomic mass is 9.86. The van der Waals surface area contributed by atoms with Crippen LogP contribution in [0, 0.1) is 13.8 Å². The van der Waals surface area contributed by atoms with Gasteiger partial charge in [0.05, 0.1) is 0 Å². The van der Waals surface area contributed by atoms with Crippen LogP contribution in [-0.4, -0.2) is 20.7 Å². The molecule has 1 aromatic carbocycles. The van der Waals surface area contributed by atoms with Crippen LogP contribution in [0.1, 0.15) is 41.6 Å². The van der Waals surface area contributed by atoms with E-state index in [-0.39, 0.29) is 11.8 Å². The van der Waals surface area contributed by atoms with Crippen LogP contribution in [0.3, 0.4) is 0 Å². The number of aryl methyl sites for hydroxylation is 3. The number of rotatable bonds is 2. The van der Waals surface area contributed by atoms with Gasteiger partial charge in [-0.2, -0.15) is 5.10 Å². The standard InChI is InChI=1S/C18H20N4O/c1-4-22-9-15-14(8-16(23)20-18(15)21-22)13-7-5-6-12-10(2)11(3)19-17(12)13/h5-7,9,14,19H,4,8H2,1-3H3,(H,20,21,23). The van der Waals surface area contributed by atoms with E-state index in [9.17, 15) is 4.79 Å². The Hall–Kier alpha value is -2.56. The third-order valence-corrected chi connectivity index (χ3v) is 4.89. The summed E-state index contributed by atoms with van der Waals surface area (Å²) in [5.74, 6) is 0.770. The number of nitrogens with zero attached hydrogens (tertiary/aromatic N) is 2. The summed E-state index contributed by atoms with van der Waals surface area (Å²) in [5.41, 5.74) is 5.86. The van der Waals surface area contributed by atoms with Crippen molar-refractivity contribution in [2.45, 2.75) is 39.7 Å². The first-order chi connectivity index (χ1) is 11.1. The van der Waals surface area contributed by atoms with Crippen LogP contribution >= 0.6 is 0 Å². The highest BCUT2D eigenvalue weighted by atomic mass is 16.1. The molecule has 0 saturated carbocycles. The number of benzene rings is 1. The molecule has 0 saturated heterocycles. The topological polar surface area (TPSA) is 62.7 Å². The monoisotopic (exact) mass is 308 g/mol. The lowest BCUT2D eigenvalue weighted by molar-refractivity contribution is -0.116. The van der Waals surface area contributed by atoms with Crippen molar-refractivity contribution in [3.05, 3.63) is 46.8 Å². The fourth-order valence-corrected chi connectivity index (χ4v) is 3.50. The van der Waals surface area contributed by atoms with E-state index in [2.05, 4.69) is 53.6 Å². The quantitative estimate of drug-likeness (QED) is 0.761. The summed E-state index contributed by atoms with van der Waals surface area (Å²) in [4.78, 5) is 15.6. The van der Waals surface area contributed by atoms with Gasteiger partial charge >= 0.3 is 0 Å². The van der Waals surface area contributed by atoms with Gasteiger partial charge in [-0.25, -0.2) is 0 Å². The molecule has 0 fully saturated rings. The molecule has 0 aliphatic carbocycles. The number of aromatic amines is 1. The fraction of sp³-hybridized carbons (Fsp3) is 0.333. The average molecular weight is 308 g/mol. The van der Waals surface area contributed by atoms with Crippen molar-refractivity contribution in [3.63, 3.8) is 0 Å². The summed E-state index contributed by atoms with van der Waals surface area (Å²) in [6, 6.07) is 6.33. The molecular weight excluding hydrogens is 288 g/mol. The Labute approximate surface area is 134 Å². The molecule has 1 amide bonds. The van der Waals surface area contributed by atoms with Gasteiger partial charge in [0, 0.05) is 47.2 Å². The van der Waals surface area contributed by atoms with Crippen molar-refractivity contribution in [2.24, 2.45) is 0 Å². The fourth-order valence-electron chi connectivity index (χ4n) is 3.50. The molecule has 1 unspecified atom stereocenters. The Balaban J connectivity index is 1.93. The van der Waals surface area contributed by atoms with E-state index in [1.807, 2.05) is 11.6 Å². The Morgan fingerprint density at radius 3 is 2.91 bits per heavy atom. The normalized spacial score (nSPS) is 17.3. The molecule has 0 radical (unpaired) electrons. The molecule has 23 heavy (non-hydrogen) atoms. The molecule has 118 valence electrons. The summed E-state index contributed by atoms with van der Waals surface area (Å²) in [6.45, 7) is 7.06. The van der Waals surface area contributed by atoms with Crippen molar-refractivity contribution in [1.29, 1.82) is 0 Å². The average Bonchev–Trinajstić information content (AvgIpc) is 3.08. The molecule has 0 bridgehead atoms. The van der Waals surface area contributed by atoms with Gasteiger partial charge in [0.15, 0.2) is 5.82 Å². The number of anilines is 1. The van der Waals surface area contributed by atoms with E-state index in [0.717, 1.165) is 17.6 Å². The van der Waals surface area contributed by atoms with E-state index < -0.39 is 0 Å². The summed E-state index contributed by atoms with van der Waals surface area (Å²) in [7, 11) is 0. The Bertz CT molecular complexity index is 919. The number of nitrogens with one attached hydrogen (secondary N) is 2. The number of amides is 1. The van der Waals surface area contributed by atoms with Gasteiger partial charge in [0.2, 0.25) is 5.91 Å². The zero-order valence-corrected chi connectivity index (χ0v) is 13.6. The molecule has 5 nitrogen and oxygen atoms in total. The zero-order valence-electron chi connectivity index (χ0n) is 13.6. The molecule has 0 spiro atoms. The maximum Gasteiger partial charge on any atom is 0.226 e. The number of carbonyl (C=O) groups excluding carboxylic acids is 1. The van der Waals surface area contributed by atoms with Gasteiger partial charge in [0.1, 0.15) is 0 Å². The lowest BCUT2D eigenvalue weighted by Gasteiger charge is -2.22. The van der Waals surface area contributed by atoms with Gasteiger partial charge in [-0.1, -0.05) is 18.2 Å². The molecule has 3 heterocycles. The lowest BCUT2D eigenvalue weighted by Crippen LogP contribution is -2.23. The maximum atomic E-state index is 12.1. The van der Waals surface area contributed by atoms with E-state index in [0.29, 0.717) is 12.2 Å². The second-order valence-electron chi connectivity index (χ2n) is 6.24. The van der Waals surface area contributed by atoms with Crippen LogP contribution in [0.5, 0.6) is 0 Å². The molecule has 4 rings (SSSR count). The van der Waals surface area contributed by atoms with Gasteiger partial charge < -0.3 is 10.3 Å². The van der Waals surface area contributed by atoms with E-state index in [1.54, 1.807) is 0 Å². The third-order valence-electron chi connectivity index (χ3n) is 4.89. The summed E-state index contributed by atoms with van der Waals surface area (Å²) in [5, 5.41) is 8.60. The summed E-state index contributed by atoms with van der Waals surface area (Å²) < 4.78 is 1.88. The van der Waals surface area contributed by atoms with Crippen LogP contribution in [0.4, 0.5) is 5.82 Å². The Kier molecular flexibility index (Phi) is 3.04. The molecule has 3 aromatic rings. The predicted octanol–water partition coefficient (Wildman–Crippen LogP) is 3.48. The first-order valence-corrected chi connectivity index (χ1v) is 8.03. The van der Waals surface area contributed by atoms with Crippen molar-refractivity contribution in [2.75, 3.05) is 5.32 Å². The molecule has 2 N–H and O–H groups in total. The van der Waals surface area contributed by atoms with Gasteiger partial charge in [-0.15, -0.1) is 0 Å². The number of hydrogen-bond donors (Lipinski definition) is 2. The number of H-pyrrole nitrogens is 1.